The van der Waals surface area contributed by atoms with Crippen LogP contribution in [0.2, 0.25) is 0 Å². The first-order valence-electron chi connectivity index (χ1n) is 9.21. The Kier molecular flexibility index (Phi) is 5.12. The summed E-state index contributed by atoms with van der Waals surface area (Å²) in [5, 5.41) is 14.0. The Morgan fingerprint density at radius 3 is 2.46 bits per heavy atom. The zero-order valence-corrected chi connectivity index (χ0v) is 15.9. The maximum Gasteiger partial charge on any atom is 0.227 e. The van der Waals surface area contributed by atoms with Crippen LogP contribution in [0, 0.1) is 0 Å². The quantitative estimate of drug-likeness (QED) is 0.697. The van der Waals surface area contributed by atoms with E-state index >= 15 is 0 Å². The van der Waals surface area contributed by atoms with Crippen molar-refractivity contribution >= 4 is 28.4 Å². The van der Waals surface area contributed by atoms with Gasteiger partial charge in [-0.2, -0.15) is 4.98 Å². The molecule has 3 aromatic rings. The fraction of sp³-hybridized carbons (Fsp3) is 0.350. The number of fused-ring (bicyclic) bond motifs is 1. The SMILES string of the molecule is COc1cc(Nc2nc(N3CCC(O)CC3)nc3ccncc23)cc(OC)c1. The van der Waals surface area contributed by atoms with Crippen molar-refractivity contribution in [2.45, 2.75) is 18.9 Å². The van der Waals surface area contributed by atoms with Crippen molar-refractivity contribution in [3.8, 4) is 11.5 Å². The molecular weight excluding hydrogens is 358 g/mol. The zero-order valence-electron chi connectivity index (χ0n) is 15.9. The number of benzene rings is 1. The second-order valence-corrected chi connectivity index (χ2v) is 6.71. The Balaban J connectivity index is 1.73. The van der Waals surface area contributed by atoms with Crippen molar-refractivity contribution in [2.24, 2.45) is 0 Å². The minimum Gasteiger partial charge on any atom is -0.497 e. The Morgan fingerprint density at radius 2 is 1.79 bits per heavy atom. The molecule has 1 aliphatic heterocycles. The van der Waals surface area contributed by atoms with Gasteiger partial charge >= 0.3 is 0 Å². The lowest BCUT2D eigenvalue weighted by atomic mass is 10.1. The van der Waals surface area contributed by atoms with Gasteiger partial charge in [-0.3, -0.25) is 4.98 Å². The molecule has 1 fully saturated rings. The lowest BCUT2D eigenvalue weighted by Gasteiger charge is -2.30. The number of aromatic nitrogens is 3. The van der Waals surface area contributed by atoms with Crippen LogP contribution in [0.4, 0.5) is 17.5 Å². The molecule has 146 valence electrons. The second kappa shape index (κ2) is 7.85. The van der Waals surface area contributed by atoms with Crippen LogP contribution in [0.15, 0.2) is 36.7 Å². The van der Waals surface area contributed by atoms with Gasteiger partial charge in [-0.15, -0.1) is 0 Å². The highest BCUT2D eigenvalue weighted by Crippen LogP contribution is 2.31. The van der Waals surface area contributed by atoms with Crippen LogP contribution in [0.5, 0.6) is 11.5 Å². The molecule has 1 aromatic carbocycles. The molecule has 28 heavy (non-hydrogen) atoms. The first-order chi connectivity index (χ1) is 13.7. The molecule has 0 atom stereocenters. The molecule has 2 N–H and O–H groups in total. The van der Waals surface area contributed by atoms with Gasteiger partial charge in [0.15, 0.2) is 0 Å². The van der Waals surface area contributed by atoms with Gasteiger partial charge in [0.25, 0.3) is 0 Å². The summed E-state index contributed by atoms with van der Waals surface area (Å²) in [6.07, 6.45) is 4.65. The van der Waals surface area contributed by atoms with Crippen LogP contribution in [-0.2, 0) is 0 Å². The Labute approximate surface area is 163 Å². The van der Waals surface area contributed by atoms with Crippen molar-refractivity contribution in [3.63, 3.8) is 0 Å². The minimum absolute atomic E-state index is 0.247. The summed E-state index contributed by atoms with van der Waals surface area (Å²) < 4.78 is 10.7. The highest BCUT2D eigenvalue weighted by atomic mass is 16.5. The number of aliphatic hydroxyl groups is 1. The molecule has 0 aliphatic carbocycles. The van der Waals surface area contributed by atoms with Crippen molar-refractivity contribution in [2.75, 3.05) is 37.5 Å². The molecule has 0 amide bonds. The van der Waals surface area contributed by atoms with E-state index in [2.05, 4.69) is 15.2 Å². The van der Waals surface area contributed by atoms with Crippen LogP contribution in [0.25, 0.3) is 10.9 Å². The van der Waals surface area contributed by atoms with E-state index in [4.69, 9.17) is 19.4 Å². The van der Waals surface area contributed by atoms with Crippen molar-refractivity contribution in [3.05, 3.63) is 36.7 Å². The third kappa shape index (κ3) is 3.77. The van der Waals surface area contributed by atoms with Crippen LogP contribution in [0.3, 0.4) is 0 Å². The Morgan fingerprint density at radius 1 is 1.07 bits per heavy atom. The largest absolute Gasteiger partial charge is 0.497 e. The van der Waals surface area contributed by atoms with Crippen molar-refractivity contribution < 1.29 is 14.6 Å². The van der Waals surface area contributed by atoms with E-state index < -0.39 is 0 Å². The molecule has 3 heterocycles. The van der Waals surface area contributed by atoms with Gasteiger partial charge in [-0.25, -0.2) is 4.98 Å². The monoisotopic (exact) mass is 381 g/mol. The average molecular weight is 381 g/mol. The number of methoxy groups -OCH3 is 2. The molecule has 1 aliphatic rings. The molecule has 0 saturated carbocycles. The molecule has 2 aromatic heterocycles. The Hall–Kier alpha value is -3.13. The van der Waals surface area contributed by atoms with Crippen molar-refractivity contribution in [1.29, 1.82) is 0 Å². The minimum atomic E-state index is -0.247. The fourth-order valence-corrected chi connectivity index (χ4v) is 3.28. The van der Waals surface area contributed by atoms with Crippen LogP contribution >= 0.6 is 0 Å². The summed E-state index contributed by atoms with van der Waals surface area (Å²) in [6.45, 7) is 1.45. The van der Waals surface area contributed by atoms with Gasteiger partial charge in [0.05, 0.1) is 31.2 Å². The number of nitrogens with zero attached hydrogens (tertiary/aromatic N) is 4. The van der Waals surface area contributed by atoms with Gasteiger partial charge in [-0.05, 0) is 18.9 Å². The number of ether oxygens (including phenoxy) is 2. The molecule has 1 saturated heterocycles. The molecule has 0 spiro atoms. The fourth-order valence-electron chi connectivity index (χ4n) is 3.28. The lowest BCUT2D eigenvalue weighted by molar-refractivity contribution is 0.145. The van der Waals surface area contributed by atoms with E-state index in [0.717, 1.165) is 29.7 Å². The summed E-state index contributed by atoms with van der Waals surface area (Å²) in [7, 11) is 3.23. The second-order valence-electron chi connectivity index (χ2n) is 6.71. The summed E-state index contributed by atoms with van der Waals surface area (Å²) in [5.41, 5.74) is 1.60. The average Bonchev–Trinajstić information content (AvgIpc) is 2.73. The topological polar surface area (TPSA) is 92.6 Å². The van der Waals surface area contributed by atoms with E-state index in [1.807, 2.05) is 24.3 Å². The smallest absolute Gasteiger partial charge is 0.227 e. The molecule has 8 nitrogen and oxygen atoms in total. The van der Waals surface area contributed by atoms with E-state index in [1.54, 1.807) is 26.6 Å². The van der Waals surface area contributed by atoms with Crippen LogP contribution in [-0.4, -0.2) is 53.5 Å². The number of piperidine rings is 1. The number of rotatable bonds is 5. The van der Waals surface area contributed by atoms with E-state index in [1.165, 1.54) is 0 Å². The predicted octanol–water partition coefficient (Wildman–Crippen LogP) is 2.75. The predicted molar refractivity (Wildman–Crippen MR) is 108 cm³/mol. The third-order valence-corrected chi connectivity index (χ3v) is 4.85. The third-order valence-electron chi connectivity index (χ3n) is 4.85. The van der Waals surface area contributed by atoms with Gasteiger partial charge in [0.1, 0.15) is 17.3 Å². The van der Waals surface area contributed by atoms with Crippen LogP contribution < -0.4 is 19.7 Å². The molecule has 8 heteroatoms. The van der Waals surface area contributed by atoms with Crippen molar-refractivity contribution in [1.82, 2.24) is 15.0 Å². The highest BCUT2D eigenvalue weighted by molar-refractivity contribution is 5.91. The van der Waals surface area contributed by atoms with Gasteiger partial charge < -0.3 is 24.8 Å². The summed E-state index contributed by atoms with van der Waals surface area (Å²) in [5.74, 6) is 2.67. The van der Waals surface area contributed by atoms with Crippen LogP contribution in [0.1, 0.15) is 12.8 Å². The number of hydrogen-bond donors (Lipinski definition) is 2. The summed E-state index contributed by atoms with van der Waals surface area (Å²) in [6, 6.07) is 7.44. The van der Waals surface area contributed by atoms with Gasteiger partial charge in [0, 0.05) is 49.4 Å². The molecule has 4 rings (SSSR count). The van der Waals surface area contributed by atoms with Gasteiger partial charge in [0.2, 0.25) is 5.95 Å². The maximum absolute atomic E-state index is 9.78. The summed E-state index contributed by atoms with van der Waals surface area (Å²) in [4.78, 5) is 15.8. The summed E-state index contributed by atoms with van der Waals surface area (Å²) >= 11 is 0. The number of pyridine rings is 1. The highest BCUT2D eigenvalue weighted by Gasteiger charge is 2.20. The maximum atomic E-state index is 9.78. The van der Waals surface area contributed by atoms with E-state index in [-0.39, 0.29) is 6.10 Å². The van der Waals surface area contributed by atoms with E-state index in [9.17, 15) is 5.11 Å². The molecule has 0 bridgehead atoms. The number of nitrogens with one attached hydrogen (secondary N) is 1. The zero-order chi connectivity index (χ0) is 19.5. The number of hydrogen-bond acceptors (Lipinski definition) is 8. The first kappa shape index (κ1) is 18.2. The van der Waals surface area contributed by atoms with E-state index in [0.29, 0.717) is 36.1 Å². The first-order valence-corrected chi connectivity index (χ1v) is 9.21. The normalized spacial score (nSPS) is 14.9. The Bertz CT molecular complexity index is 951. The standard InChI is InChI=1S/C20H23N5O3/c1-27-15-9-13(10-16(11-15)28-2)22-19-17-12-21-6-3-18(17)23-20(24-19)25-7-4-14(26)5-8-25/h3,6,9-12,14,26H,4-5,7-8H2,1-2H3,(H,22,23,24). The van der Waals surface area contributed by atoms with Gasteiger partial charge in [-0.1, -0.05) is 0 Å². The molecule has 0 unspecified atom stereocenters. The number of anilines is 3. The number of aliphatic hydroxyl groups excluding tert-OH is 1. The molecule has 0 radical (unpaired) electrons. The molecular formula is C20H23N5O3. The lowest BCUT2D eigenvalue weighted by Crippen LogP contribution is -2.36.